The molecule has 12 heteroatoms. The predicted octanol–water partition coefficient (Wildman–Crippen LogP) is 4.02. The minimum absolute atomic E-state index is 0.00745. The van der Waals surface area contributed by atoms with Crippen molar-refractivity contribution in [2.24, 2.45) is 5.92 Å². The molecule has 4 N–H and O–H groups in total. The molecule has 0 bridgehead atoms. The van der Waals surface area contributed by atoms with Gasteiger partial charge in [0.2, 0.25) is 0 Å². The first-order valence-electron chi connectivity index (χ1n) is 11.2. The van der Waals surface area contributed by atoms with Gasteiger partial charge in [0.05, 0.1) is 17.9 Å². The second-order valence-electron chi connectivity index (χ2n) is 8.15. The minimum Gasteiger partial charge on any atom is -0.389 e. The number of methoxy groups -OCH3 is 1. The van der Waals surface area contributed by atoms with E-state index in [9.17, 15) is 13.6 Å². The second-order valence-corrected chi connectivity index (χ2v) is 9.18. The molecule has 1 amide bonds. The molecule has 9 nitrogen and oxygen atoms in total. The Hall–Kier alpha value is -3.38. The van der Waals surface area contributed by atoms with Crippen LogP contribution in [0.2, 0.25) is 0 Å². The maximum Gasteiger partial charge on any atom is 0.277 e. The van der Waals surface area contributed by atoms with Gasteiger partial charge in [-0.1, -0.05) is 17.4 Å². The van der Waals surface area contributed by atoms with Crippen LogP contribution in [0.5, 0.6) is 0 Å². The van der Waals surface area contributed by atoms with Gasteiger partial charge < -0.3 is 26.1 Å². The fourth-order valence-corrected chi connectivity index (χ4v) is 5.19. The second kappa shape index (κ2) is 10.5. The van der Waals surface area contributed by atoms with Crippen LogP contribution in [0.15, 0.2) is 24.4 Å². The normalized spacial score (nSPS) is 18.3. The van der Waals surface area contributed by atoms with Gasteiger partial charge in [-0.05, 0) is 31.9 Å². The highest BCUT2D eigenvalue weighted by molar-refractivity contribution is 7.19. The van der Waals surface area contributed by atoms with Crippen LogP contribution in [-0.2, 0) is 11.3 Å². The molecule has 186 valence electrons. The van der Waals surface area contributed by atoms with Crippen molar-refractivity contribution in [3.8, 4) is 10.6 Å². The summed E-state index contributed by atoms with van der Waals surface area (Å²) in [6.07, 6.45) is 4.37. The summed E-state index contributed by atoms with van der Waals surface area (Å²) in [7, 11) is 1.65. The van der Waals surface area contributed by atoms with E-state index < -0.39 is 17.5 Å². The molecule has 1 aromatic carbocycles. The number of amides is 1. The van der Waals surface area contributed by atoms with Gasteiger partial charge in [-0.2, -0.15) is 5.10 Å². The first kappa shape index (κ1) is 24.7. The van der Waals surface area contributed by atoms with Crippen LogP contribution in [0, 0.1) is 23.0 Å². The Morgan fingerprint density at radius 2 is 2.06 bits per heavy atom. The van der Waals surface area contributed by atoms with Crippen molar-refractivity contribution in [1.29, 1.82) is 5.41 Å². The molecule has 2 aromatic heterocycles. The average Bonchev–Trinajstić information content (AvgIpc) is 3.35. The van der Waals surface area contributed by atoms with Crippen LogP contribution in [-0.4, -0.2) is 53.2 Å². The molecular weight excluding hydrogens is 476 g/mol. The molecule has 2 unspecified atom stereocenters. The number of nitrogens with two attached hydrogens (primary N) is 1. The quantitative estimate of drug-likeness (QED) is 0.419. The fourth-order valence-electron chi connectivity index (χ4n) is 4.31. The summed E-state index contributed by atoms with van der Waals surface area (Å²) in [5.41, 5.74) is 6.06. The number of thiazole rings is 1. The van der Waals surface area contributed by atoms with Crippen LogP contribution in [0.3, 0.4) is 0 Å². The Balaban J connectivity index is 1.60. The molecule has 0 aliphatic carbocycles. The molecule has 4 rings (SSSR count). The SMILES string of the molecule is CCn1ncc(NC(=O)c2nc(-c3c(F)cccc3F)sc2N)c1N1CCC(C=N)C(OC)CC1. The molecule has 3 heterocycles. The van der Waals surface area contributed by atoms with Crippen molar-refractivity contribution in [3.63, 3.8) is 0 Å². The van der Waals surface area contributed by atoms with Crippen molar-refractivity contribution in [1.82, 2.24) is 14.8 Å². The fraction of sp³-hybridized carbons (Fsp3) is 0.391. The third kappa shape index (κ3) is 4.89. The number of hydrogen-bond acceptors (Lipinski definition) is 8. The maximum atomic E-state index is 14.2. The molecule has 0 saturated carbocycles. The first-order chi connectivity index (χ1) is 16.9. The number of anilines is 3. The number of nitrogens with zero attached hydrogens (tertiary/aromatic N) is 4. The van der Waals surface area contributed by atoms with Crippen molar-refractivity contribution >= 4 is 40.0 Å². The third-order valence-corrected chi connectivity index (χ3v) is 7.02. The lowest BCUT2D eigenvalue weighted by Crippen LogP contribution is -2.28. The van der Waals surface area contributed by atoms with Gasteiger partial charge >= 0.3 is 0 Å². The van der Waals surface area contributed by atoms with E-state index >= 15 is 0 Å². The minimum atomic E-state index is -0.782. The van der Waals surface area contributed by atoms with Crippen LogP contribution < -0.4 is 16.0 Å². The average molecular weight is 504 g/mol. The summed E-state index contributed by atoms with van der Waals surface area (Å²) in [5.74, 6) is -1.42. The standard InChI is InChI=1S/C23H27F2N7O2S/c1-3-32-23(31-9-7-13(11-26)17(34-2)8-10-31)16(12-28-32)29-21(33)19-20(27)35-22(30-19)18-14(24)5-4-6-15(18)25/h4-6,11-13,17,26H,3,7-10,27H2,1-2H3,(H,29,33). The highest BCUT2D eigenvalue weighted by Crippen LogP contribution is 2.35. The molecule has 0 spiro atoms. The van der Waals surface area contributed by atoms with Gasteiger partial charge in [0.1, 0.15) is 27.3 Å². The smallest absolute Gasteiger partial charge is 0.277 e. The molecule has 1 saturated heterocycles. The zero-order chi connectivity index (χ0) is 25.1. The molecule has 1 fully saturated rings. The third-order valence-electron chi connectivity index (χ3n) is 6.11. The van der Waals surface area contributed by atoms with Gasteiger partial charge in [-0.3, -0.25) is 4.79 Å². The van der Waals surface area contributed by atoms with Crippen molar-refractivity contribution < 1.29 is 18.3 Å². The maximum absolute atomic E-state index is 14.2. The molecule has 35 heavy (non-hydrogen) atoms. The number of ether oxygens (including phenoxy) is 1. The highest BCUT2D eigenvalue weighted by Gasteiger charge is 2.29. The zero-order valence-electron chi connectivity index (χ0n) is 19.4. The van der Waals surface area contributed by atoms with E-state index in [0.29, 0.717) is 25.3 Å². The summed E-state index contributed by atoms with van der Waals surface area (Å²) >= 11 is 0.844. The summed E-state index contributed by atoms with van der Waals surface area (Å²) in [6, 6.07) is 3.51. The monoisotopic (exact) mass is 503 g/mol. The van der Waals surface area contributed by atoms with Crippen LogP contribution >= 0.6 is 11.3 Å². The number of carbonyl (C=O) groups excluding carboxylic acids is 1. The first-order valence-corrected chi connectivity index (χ1v) is 12.1. The van der Waals surface area contributed by atoms with E-state index in [0.717, 1.165) is 42.1 Å². The van der Waals surface area contributed by atoms with Gasteiger partial charge in [0.25, 0.3) is 5.91 Å². The molecule has 1 aliphatic heterocycles. The highest BCUT2D eigenvalue weighted by atomic mass is 32.1. The lowest BCUT2D eigenvalue weighted by molar-refractivity contribution is 0.0739. The van der Waals surface area contributed by atoms with Crippen LogP contribution in [0.4, 0.5) is 25.3 Å². The Bertz CT molecular complexity index is 1210. The van der Waals surface area contributed by atoms with E-state index in [1.54, 1.807) is 18.0 Å². The van der Waals surface area contributed by atoms with Crippen molar-refractivity contribution in [2.75, 3.05) is 36.1 Å². The number of hydrogen-bond donors (Lipinski definition) is 3. The number of rotatable bonds is 7. The van der Waals surface area contributed by atoms with Gasteiger partial charge in [0, 0.05) is 38.9 Å². The number of nitrogens with one attached hydrogen (secondary N) is 2. The van der Waals surface area contributed by atoms with E-state index in [1.165, 1.54) is 12.3 Å². The zero-order valence-corrected chi connectivity index (χ0v) is 20.2. The number of carbonyl (C=O) groups is 1. The molecule has 2 atom stereocenters. The summed E-state index contributed by atoms with van der Waals surface area (Å²) in [5, 5.41) is 15.0. The molecule has 0 radical (unpaired) electrons. The Morgan fingerprint density at radius 1 is 1.34 bits per heavy atom. The topological polar surface area (TPSA) is 122 Å². The molecule has 1 aliphatic rings. The van der Waals surface area contributed by atoms with Gasteiger partial charge in [0.15, 0.2) is 11.5 Å². The largest absolute Gasteiger partial charge is 0.389 e. The number of halogens is 2. The number of aryl methyl sites for hydroxylation is 1. The number of benzene rings is 1. The van der Waals surface area contributed by atoms with Gasteiger partial charge in [-0.25, -0.2) is 18.4 Å². The molecule has 3 aromatic rings. The van der Waals surface area contributed by atoms with Crippen molar-refractivity contribution in [2.45, 2.75) is 32.4 Å². The van der Waals surface area contributed by atoms with Crippen LogP contribution in [0.1, 0.15) is 30.3 Å². The van der Waals surface area contributed by atoms with E-state index in [2.05, 4.69) is 20.3 Å². The van der Waals surface area contributed by atoms with E-state index in [1.807, 2.05) is 6.92 Å². The summed E-state index contributed by atoms with van der Waals surface area (Å²) < 4.78 is 35.8. The predicted molar refractivity (Wildman–Crippen MR) is 132 cm³/mol. The van der Waals surface area contributed by atoms with E-state index in [-0.39, 0.29) is 33.3 Å². The van der Waals surface area contributed by atoms with Crippen LogP contribution in [0.25, 0.3) is 10.6 Å². The molecular formula is C23H27F2N7O2S. The Labute approximate surface area is 205 Å². The van der Waals surface area contributed by atoms with Crippen molar-refractivity contribution in [3.05, 3.63) is 41.7 Å². The summed E-state index contributed by atoms with van der Waals surface area (Å²) in [6.45, 7) is 3.85. The Morgan fingerprint density at radius 3 is 2.71 bits per heavy atom. The number of nitrogen functional groups attached to an aromatic ring is 1. The number of aromatic nitrogens is 3. The lowest BCUT2D eigenvalue weighted by Gasteiger charge is -2.24. The lowest BCUT2D eigenvalue weighted by atomic mass is 9.99. The van der Waals surface area contributed by atoms with Gasteiger partial charge in [-0.15, -0.1) is 0 Å². The van der Waals surface area contributed by atoms with E-state index in [4.69, 9.17) is 15.9 Å². The Kier molecular flexibility index (Phi) is 7.41. The summed E-state index contributed by atoms with van der Waals surface area (Å²) in [4.78, 5) is 19.4.